The van der Waals surface area contributed by atoms with Crippen LogP contribution in [0, 0.1) is 13.8 Å². The molecular formula is C16H21ClN4O. The molecule has 0 bridgehead atoms. The highest BCUT2D eigenvalue weighted by molar-refractivity contribution is 6.31. The van der Waals surface area contributed by atoms with Gasteiger partial charge in [0.05, 0.1) is 17.1 Å². The number of H-pyrrole nitrogens is 1. The van der Waals surface area contributed by atoms with E-state index in [4.69, 9.17) is 11.6 Å². The predicted molar refractivity (Wildman–Crippen MR) is 90.6 cm³/mol. The van der Waals surface area contributed by atoms with Crippen molar-refractivity contribution in [2.24, 2.45) is 0 Å². The lowest BCUT2D eigenvalue weighted by Gasteiger charge is -2.12. The lowest BCUT2D eigenvalue weighted by molar-refractivity contribution is -0.116. The third kappa shape index (κ3) is 4.01. The van der Waals surface area contributed by atoms with Gasteiger partial charge in [-0.15, -0.1) is 0 Å². The van der Waals surface area contributed by atoms with Crippen molar-refractivity contribution < 1.29 is 4.79 Å². The molecule has 0 aliphatic carbocycles. The SMILES string of the molecule is CCNc1ccc(Cl)cc1NC(=O)CCc1c(C)n[nH]c1C. The highest BCUT2D eigenvalue weighted by atomic mass is 35.5. The Morgan fingerprint density at radius 1 is 1.32 bits per heavy atom. The summed E-state index contributed by atoms with van der Waals surface area (Å²) < 4.78 is 0. The van der Waals surface area contributed by atoms with E-state index in [1.807, 2.05) is 26.8 Å². The van der Waals surface area contributed by atoms with E-state index in [9.17, 15) is 4.79 Å². The van der Waals surface area contributed by atoms with Gasteiger partial charge in [0, 0.05) is 23.7 Å². The van der Waals surface area contributed by atoms with Crippen LogP contribution in [0.4, 0.5) is 11.4 Å². The number of halogens is 1. The molecule has 2 rings (SSSR count). The first kappa shape index (κ1) is 16.4. The summed E-state index contributed by atoms with van der Waals surface area (Å²) in [4.78, 5) is 12.2. The maximum Gasteiger partial charge on any atom is 0.224 e. The van der Waals surface area contributed by atoms with Crippen molar-refractivity contribution in [1.82, 2.24) is 10.2 Å². The zero-order valence-corrected chi connectivity index (χ0v) is 13.8. The van der Waals surface area contributed by atoms with Crippen LogP contribution in [0.25, 0.3) is 0 Å². The highest BCUT2D eigenvalue weighted by Gasteiger charge is 2.11. The zero-order chi connectivity index (χ0) is 16.1. The van der Waals surface area contributed by atoms with E-state index in [1.165, 1.54) is 0 Å². The molecule has 0 atom stereocenters. The van der Waals surface area contributed by atoms with Crippen molar-refractivity contribution in [2.75, 3.05) is 17.2 Å². The zero-order valence-electron chi connectivity index (χ0n) is 13.1. The molecule has 118 valence electrons. The first-order valence-corrected chi connectivity index (χ1v) is 7.72. The van der Waals surface area contributed by atoms with Gasteiger partial charge in [0.15, 0.2) is 0 Å². The van der Waals surface area contributed by atoms with E-state index in [0.29, 0.717) is 23.6 Å². The molecule has 2 aromatic rings. The van der Waals surface area contributed by atoms with E-state index in [-0.39, 0.29) is 5.91 Å². The van der Waals surface area contributed by atoms with Crippen LogP contribution in [-0.4, -0.2) is 22.6 Å². The van der Waals surface area contributed by atoms with Crippen molar-refractivity contribution in [3.8, 4) is 0 Å². The number of anilines is 2. The Morgan fingerprint density at radius 2 is 2.09 bits per heavy atom. The lowest BCUT2D eigenvalue weighted by atomic mass is 10.1. The van der Waals surface area contributed by atoms with E-state index >= 15 is 0 Å². The second kappa shape index (κ2) is 7.31. The molecule has 0 saturated carbocycles. The number of hydrogen-bond acceptors (Lipinski definition) is 3. The standard InChI is InChI=1S/C16H21ClN4O/c1-4-18-14-7-5-12(17)9-15(14)19-16(22)8-6-13-10(2)20-21-11(13)3/h5,7,9,18H,4,6,8H2,1-3H3,(H,19,22)(H,20,21). The summed E-state index contributed by atoms with van der Waals surface area (Å²) >= 11 is 6.01. The Labute approximate surface area is 135 Å². The summed E-state index contributed by atoms with van der Waals surface area (Å²) in [5.41, 5.74) is 4.65. The van der Waals surface area contributed by atoms with Gasteiger partial charge in [-0.2, -0.15) is 5.10 Å². The summed E-state index contributed by atoms with van der Waals surface area (Å²) in [5.74, 6) is -0.0404. The van der Waals surface area contributed by atoms with Gasteiger partial charge in [-0.1, -0.05) is 11.6 Å². The van der Waals surface area contributed by atoms with Gasteiger partial charge in [-0.05, 0) is 51.0 Å². The van der Waals surface area contributed by atoms with Crippen molar-refractivity contribution in [3.05, 3.63) is 40.2 Å². The molecular weight excluding hydrogens is 300 g/mol. The van der Waals surface area contributed by atoms with Crippen LogP contribution in [0.15, 0.2) is 18.2 Å². The summed E-state index contributed by atoms with van der Waals surface area (Å²) in [6.07, 6.45) is 1.07. The van der Waals surface area contributed by atoms with Gasteiger partial charge in [-0.3, -0.25) is 9.89 Å². The number of carbonyl (C=O) groups excluding carboxylic acids is 1. The first-order valence-electron chi connectivity index (χ1n) is 7.35. The molecule has 0 fully saturated rings. The third-order valence-electron chi connectivity index (χ3n) is 3.51. The number of aryl methyl sites for hydroxylation is 2. The van der Waals surface area contributed by atoms with E-state index < -0.39 is 0 Å². The average Bonchev–Trinajstić information content (AvgIpc) is 2.79. The van der Waals surface area contributed by atoms with Gasteiger partial charge in [0.2, 0.25) is 5.91 Å². The molecule has 22 heavy (non-hydrogen) atoms. The number of nitrogens with one attached hydrogen (secondary N) is 3. The summed E-state index contributed by atoms with van der Waals surface area (Å²) in [6, 6.07) is 5.42. The predicted octanol–water partition coefficient (Wildman–Crippen LogP) is 3.68. The van der Waals surface area contributed by atoms with E-state index in [1.54, 1.807) is 12.1 Å². The monoisotopic (exact) mass is 320 g/mol. The fourth-order valence-corrected chi connectivity index (χ4v) is 2.53. The topological polar surface area (TPSA) is 69.8 Å². The molecule has 1 amide bonds. The summed E-state index contributed by atoms with van der Waals surface area (Å²) in [6.45, 7) is 6.69. The quantitative estimate of drug-likeness (QED) is 0.760. The van der Waals surface area contributed by atoms with Gasteiger partial charge in [0.25, 0.3) is 0 Å². The van der Waals surface area contributed by atoms with Crippen LogP contribution in [0.5, 0.6) is 0 Å². The first-order chi connectivity index (χ1) is 10.5. The molecule has 6 heteroatoms. The molecule has 1 aromatic heterocycles. The number of aromatic amines is 1. The second-order valence-corrected chi connectivity index (χ2v) is 5.62. The minimum atomic E-state index is -0.0404. The second-order valence-electron chi connectivity index (χ2n) is 5.18. The van der Waals surface area contributed by atoms with Crippen molar-refractivity contribution in [3.63, 3.8) is 0 Å². The minimum absolute atomic E-state index is 0.0404. The Balaban J connectivity index is 2.01. The van der Waals surface area contributed by atoms with Gasteiger partial charge >= 0.3 is 0 Å². The summed E-state index contributed by atoms with van der Waals surface area (Å²) in [7, 11) is 0. The van der Waals surface area contributed by atoms with Crippen LogP contribution < -0.4 is 10.6 Å². The van der Waals surface area contributed by atoms with Gasteiger partial charge in [0.1, 0.15) is 0 Å². The van der Waals surface area contributed by atoms with Crippen molar-refractivity contribution in [2.45, 2.75) is 33.6 Å². The van der Waals surface area contributed by atoms with Gasteiger partial charge < -0.3 is 10.6 Å². The average molecular weight is 321 g/mol. The molecule has 0 saturated heterocycles. The number of nitrogens with zero attached hydrogens (tertiary/aromatic N) is 1. The number of benzene rings is 1. The maximum absolute atomic E-state index is 12.2. The molecule has 0 aliphatic rings. The smallest absolute Gasteiger partial charge is 0.224 e. The summed E-state index contributed by atoms with van der Waals surface area (Å²) in [5, 5.41) is 13.8. The van der Waals surface area contributed by atoms with Crippen LogP contribution >= 0.6 is 11.6 Å². The fourth-order valence-electron chi connectivity index (χ4n) is 2.36. The van der Waals surface area contributed by atoms with Crippen molar-refractivity contribution in [1.29, 1.82) is 0 Å². The Bertz CT molecular complexity index is 647. The lowest BCUT2D eigenvalue weighted by Crippen LogP contribution is -2.14. The van der Waals surface area contributed by atoms with Crippen LogP contribution in [0.1, 0.15) is 30.3 Å². The third-order valence-corrected chi connectivity index (χ3v) is 3.74. The van der Waals surface area contributed by atoms with Crippen LogP contribution in [-0.2, 0) is 11.2 Å². The Hall–Kier alpha value is -2.01. The van der Waals surface area contributed by atoms with Crippen molar-refractivity contribution >= 4 is 28.9 Å². The Morgan fingerprint density at radius 3 is 2.73 bits per heavy atom. The minimum Gasteiger partial charge on any atom is -0.384 e. The Kier molecular flexibility index (Phi) is 5.44. The molecule has 5 nitrogen and oxygen atoms in total. The highest BCUT2D eigenvalue weighted by Crippen LogP contribution is 2.26. The molecule has 1 heterocycles. The molecule has 0 unspecified atom stereocenters. The largest absolute Gasteiger partial charge is 0.384 e. The number of carbonyl (C=O) groups is 1. The van der Waals surface area contributed by atoms with Crippen LogP contribution in [0.2, 0.25) is 5.02 Å². The maximum atomic E-state index is 12.2. The number of rotatable bonds is 6. The number of amides is 1. The molecule has 1 aromatic carbocycles. The molecule has 0 aliphatic heterocycles. The van der Waals surface area contributed by atoms with E-state index in [0.717, 1.165) is 29.2 Å². The normalized spacial score (nSPS) is 10.5. The molecule has 0 radical (unpaired) electrons. The molecule has 3 N–H and O–H groups in total. The van der Waals surface area contributed by atoms with E-state index in [2.05, 4.69) is 20.8 Å². The van der Waals surface area contributed by atoms with Gasteiger partial charge in [-0.25, -0.2) is 0 Å². The number of hydrogen-bond donors (Lipinski definition) is 3. The van der Waals surface area contributed by atoms with Crippen LogP contribution in [0.3, 0.4) is 0 Å². The number of aromatic nitrogens is 2. The molecule has 0 spiro atoms. The fraction of sp³-hybridized carbons (Fsp3) is 0.375.